The Kier molecular flexibility index (Phi) is 3.25. The molecule has 124 valence electrons. The van der Waals surface area contributed by atoms with E-state index in [0.717, 1.165) is 31.8 Å². The molecule has 0 saturated heterocycles. The molecule has 25 heavy (non-hydrogen) atoms. The van der Waals surface area contributed by atoms with E-state index in [1.807, 2.05) is 47.2 Å². The van der Waals surface area contributed by atoms with Crippen LogP contribution in [-0.2, 0) is 4.57 Å². The second kappa shape index (κ2) is 5.39. The summed E-state index contributed by atoms with van der Waals surface area (Å²) in [5.41, 5.74) is 1.38. The highest BCUT2D eigenvalue weighted by molar-refractivity contribution is 7.87. The van der Waals surface area contributed by atoms with Crippen molar-refractivity contribution in [3.05, 3.63) is 53.4 Å². The molecule has 5 nitrogen and oxygen atoms in total. The molecule has 0 unspecified atom stereocenters. The summed E-state index contributed by atoms with van der Waals surface area (Å²) < 4.78 is 20.8. The fraction of sp³-hybridized carbons (Fsp3) is 0.0588. The van der Waals surface area contributed by atoms with Crippen LogP contribution in [0.4, 0.5) is 0 Å². The van der Waals surface area contributed by atoms with Crippen LogP contribution in [0.1, 0.15) is 0 Å². The molecule has 8 heteroatoms. The lowest BCUT2D eigenvalue weighted by atomic mass is 10.3. The number of nitrogens with zero attached hydrogens (tertiary/aromatic N) is 3. The Morgan fingerprint density at radius 2 is 1.64 bits per heavy atom. The molecular weight excluding hydrogens is 373 g/mol. The third kappa shape index (κ3) is 2.03. The Balaban J connectivity index is 1.63. The van der Waals surface area contributed by atoms with Gasteiger partial charge in [0.05, 0.1) is 28.7 Å². The van der Waals surface area contributed by atoms with Gasteiger partial charge in [-0.25, -0.2) is 4.68 Å². The zero-order valence-corrected chi connectivity index (χ0v) is 15.6. The van der Waals surface area contributed by atoms with E-state index < -0.39 is 7.14 Å². The Morgan fingerprint density at radius 1 is 1.00 bits per heavy atom. The van der Waals surface area contributed by atoms with Gasteiger partial charge in [-0.05, 0) is 47.2 Å². The van der Waals surface area contributed by atoms with Crippen molar-refractivity contribution < 1.29 is 9.30 Å². The van der Waals surface area contributed by atoms with Crippen LogP contribution < -0.4 is 20.8 Å². The summed E-state index contributed by atoms with van der Waals surface area (Å²) in [5, 5.41) is 14.2. The Bertz CT molecular complexity index is 1080. The predicted octanol–water partition coefficient (Wildman–Crippen LogP) is 3.02. The van der Waals surface area contributed by atoms with E-state index >= 15 is 0 Å². The van der Waals surface area contributed by atoms with Crippen LogP contribution in [0.2, 0.25) is 0 Å². The molecule has 0 amide bonds. The summed E-state index contributed by atoms with van der Waals surface area (Å²) in [7, 11) is -1.29. The minimum absolute atomic E-state index is 0.528. The van der Waals surface area contributed by atoms with E-state index in [9.17, 15) is 4.57 Å². The summed E-state index contributed by atoms with van der Waals surface area (Å²) in [6, 6.07) is 11.4. The lowest BCUT2D eigenvalue weighted by Gasteiger charge is -2.08. The molecular formula is C17H12N3O2PS2. The average Bonchev–Trinajstić information content (AvgIpc) is 3.41. The van der Waals surface area contributed by atoms with Gasteiger partial charge in [0, 0.05) is 10.6 Å². The molecule has 1 aliphatic heterocycles. The Hall–Kier alpha value is -2.21. The number of ether oxygens (including phenoxy) is 1. The summed E-state index contributed by atoms with van der Waals surface area (Å²) in [6.45, 7) is 0. The molecule has 0 atom stereocenters. The smallest absolute Gasteiger partial charge is 0.194 e. The molecule has 0 N–H and O–H groups in total. The largest absolute Gasteiger partial charge is 0.497 e. The molecule has 0 saturated carbocycles. The first kappa shape index (κ1) is 15.1. The van der Waals surface area contributed by atoms with Gasteiger partial charge in [0.2, 0.25) is 0 Å². The van der Waals surface area contributed by atoms with Crippen molar-refractivity contribution in [2.45, 2.75) is 0 Å². The van der Waals surface area contributed by atoms with Gasteiger partial charge < -0.3 is 9.30 Å². The van der Waals surface area contributed by atoms with Gasteiger partial charge >= 0.3 is 0 Å². The van der Waals surface area contributed by atoms with Gasteiger partial charge in [-0.3, -0.25) is 0 Å². The van der Waals surface area contributed by atoms with Gasteiger partial charge in [-0.2, -0.15) is 0 Å². The van der Waals surface area contributed by atoms with Gasteiger partial charge in [0.15, 0.2) is 12.6 Å². The van der Waals surface area contributed by atoms with E-state index in [-0.39, 0.29) is 0 Å². The van der Waals surface area contributed by atoms with Crippen LogP contribution in [0.15, 0.2) is 53.4 Å². The molecule has 0 spiro atoms. The minimum atomic E-state index is -2.92. The molecule has 1 aliphatic rings. The van der Waals surface area contributed by atoms with Crippen LogP contribution >= 0.6 is 29.8 Å². The molecule has 0 fully saturated rings. The zero-order valence-electron chi connectivity index (χ0n) is 13.1. The molecule has 0 aliphatic carbocycles. The van der Waals surface area contributed by atoms with Crippen molar-refractivity contribution >= 4 is 45.9 Å². The lowest BCUT2D eigenvalue weighted by molar-refractivity contribution is 0.414. The third-order valence-electron chi connectivity index (χ3n) is 4.31. The Morgan fingerprint density at radius 3 is 2.24 bits per heavy atom. The number of thiophene rings is 2. The third-order valence-corrected chi connectivity index (χ3v) is 9.56. The standard InChI is InChI=1S/C17H12N3O2PS2/c1-22-12-4-2-11(3-5-12)20-10-15(18-19-20)23(21)13-6-8-24-16(13)17-14(23)7-9-25-17/h2-10H,1H3. The number of rotatable bonds is 3. The van der Waals surface area contributed by atoms with Crippen LogP contribution in [-0.4, -0.2) is 22.1 Å². The summed E-state index contributed by atoms with van der Waals surface area (Å²) in [5.74, 6) is 0.776. The highest BCUT2D eigenvalue weighted by Gasteiger charge is 2.44. The van der Waals surface area contributed by atoms with Gasteiger partial charge in [0.25, 0.3) is 0 Å². The summed E-state index contributed by atoms with van der Waals surface area (Å²) in [4.78, 5) is 2.21. The zero-order chi connectivity index (χ0) is 17.0. The van der Waals surface area contributed by atoms with E-state index in [1.165, 1.54) is 0 Å². The lowest BCUT2D eigenvalue weighted by Crippen LogP contribution is -2.20. The first-order valence-corrected chi connectivity index (χ1v) is 11.0. The van der Waals surface area contributed by atoms with Gasteiger partial charge in [-0.1, -0.05) is 5.21 Å². The molecule has 3 aromatic heterocycles. The number of benzene rings is 1. The second-order valence-electron chi connectivity index (χ2n) is 5.60. The number of hydrogen-bond acceptors (Lipinski definition) is 6. The topological polar surface area (TPSA) is 57.0 Å². The number of fused-ring (bicyclic) bond motifs is 3. The minimum Gasteiger partial charge on any atom is -0.497 e. The fourth-order valence-electron chi connectivity index (χ4n) is 3.08. The van der Waals surface area contributed by atoms with E-state index in [4.69, 9.17) is 4.74 Å². The maximum Gasteiger partial charge on any atom is 0.194 e. The van der Waals surface area contributed by atoms with Crippen LogP contribution in [0.3, 0.4) is 0 Å². The maximum absolute atomic E-state index is 14.0. The first-order valence-electron chi connectivity index (χ1n) is 7.55. The summed E-state index contributed by atoms with van der Waals surface area (Å²) >= 11 is 3.27. The van der Waals surface area contributed by atoms with Crippen molar-refractivity contribution in [2.75, 3.05) is 7.11 Å². The monoisotopic (exact) mass is 385 g/mol. The summed E-state index contributed by atoms with van der Waals surface area (Å²) in [6.07, 6.45) is 1.77. The van der Waals surface area contributed by atoms with Crippen molar-refractivity contribution in [2.24, 2.45) is 0 Å². The second-order valence-corrected chi connectivity index (χ2v) is 10.1. The van der Waals surface area contributed by atoms with Crippen molar-refractivity contribution in [3.63, 3.8) is 0 Å². The van der Waals surface area contributed by atoms with E-state index in [1.54, 1.807) is 40.7 Å². The van der Waals surface area contributed by atoms with E-state index in [2.05, 4.69) is 10.3 Å². The molecule has 0 bridgehead atoms. The molecule has 4 heterocycles. The Labute approximate surface area is 151 Å². The first-order chi connectivity index (χ1) is 12.2. The van der Waals surface area contributed by atoms with Crippen molar-refractivity contribution in [3.8, 4) is 21.2 Å². The number of aromatic nitrogens is 3. The number of hydrogen-bond donors (Lipinski definition) is 0. The van der Waals surface area contributed by atoms with Crippen molar-refractivity contribution in [1.82, 2.24) is 15.0 Å². The number of methoxy groups -OCH3 is 1. The van der Waals surface area contributed by atoms with E-state index in [0.29, 0.717) is 5.44 Å². The van der Waals surface area contributed by atoms with Crippen LogP contribution in [0.5, 0.6) is 5.75 Å². The predicted molar refractivity (Wildman–Crippen MR) is 102 cm³/mol. The molecule has 0 radical (unpaired) electrons. The SMILES string of the molecule is COc1ccc(-n2cc(P3(=O)c4ccsc4-c4sccc43)nn2)cc1. The highest BCUT2D eigenvalue weighted by Crippen LogP contribution is 2.54. The highest BCUT2D eigenvalue weighted by atomic mass is 32.1. The van der Waals surface area contributed by atoms with Gasteiger partial charge in [-0.15, -0.1) is 27.8 Å². The molecule has 5 rings (SSSR count). The average molecular weight is 385 g/mol. The molecule has 1 aromatic carbocycles. The quantitative estimate of drug-likeness (QED) is 0.448. The fourth-order valence-corrected chi connectivity index (χ4v) is 8.85. The van der Waals surface area contributed by atoms with Crippen LogP contribution in [0, 0.1) is 0 Å². The van der Waals surface area contributed by atoms with Crippen LogP contribution in [0.25, 0.3) is 15.4 Å². The van der Waals surface area contributed by atoms with Crippen molar-refractivity contribution in [1.29, 1.82) is 0 Å². The normalized spacial score (nSPS) is 14.3. The van der Waals surface area contributed by atoms with Gasteiger partial charge in [0.1, 0.15) is 5.75 Å². The maximum atomic E-state index is 14.0. The molecule has 4 aromatic rings.